The number of hydrogen-bond acceptors (Lipinski definition) is 2. The second-order valence-electron chi connectivity index (χ2n) is 8.23. The van der Waals surface area contributed by atoms with E-state index in [1.54, 1.807) is 0 Å². The van der Waals surface area contributed by atoms with Crippen LogP contribution in [0.5, 0.6) is 0 Å². The molecule has 140 valence electrons. The zero-order valence-electron chi connectivity index (χ0n) is 16.2. The summed E-state index contributed by atoms with van der Waals surface area (Å²) in [5.74, 6) is 2.52. The molecular weight excluding hydrogens is 308 g/mol. The van der Waals surface area contributed by atoms with Gasteiger partial charge < -0.3 is 9.47 Å². The first-order valence-electron chi connectivity index (χ1n) is 10.6. The van der Waals surface area contributed by atoms with Gasteiger partial charge >= 0.3 is 0 Å². The maximum atomic E-state index is 5.92. The first kappa shape index (κ1) is 18.9. The molecule has 2 fully saturated rings. The van der Waals surface area contributed by atoms with Crippen molar-refractivity contribution in [3.05, 3.63) is 35.4 Å². The van der Waals surface area contributed by atoms with Crippen molar-refractivity contribution in [1.82, 2.24) is 0 Å². The predicted molar refractivity (Wildman–Crippen MR) is 104 cm³/mol. The molecule has 0 amide bonds. The standard InChI is InChI=1S/C23H36O2/c1-3-5-21-16-24-23(25-17-21)22-14-12-20(13-15-22)11-10-19-8-6-18(4-2)7-9-19/h12-15,18-19,21,23H,3-11,16-17H2,1-2H3. The van der Waals surface area contributed by atoms with Crippen LogP contribution in [0.25, 0.3) is 0 Å². The highest BCUT2D eigenvalue weighted by Crippen LogP contribution is 2.33. The van der Waals surface area contributed by atoms with E-state index >= 15 is 0 Å². The molecule has 0 spiro atoms. The Bertz CT molecular complexity index is 479. The van der Waals surface area contributed by atoms with Gasteiger partial charge in [0.1, 0.15) is 0 Å². The Morgan fingerprint density at radius 1 is 0.800 bits per heavy atom. The van der Waals surface area contributed by atoms with E-state index in [9.17, 15) is 0 Å². The smallest absolute Gasteiger partial charge is 0.183 e. The van der Waals surface area contributed by atoms with Crippen LogP contribution in [0.4, 0.5) is 0 Å². The van der Waals surface area contributed by atoms with Crippen LogP contribution in [-0.2, 0) is 15.9 Å². The van der Waals surface area contributed by atoms with Gasteiger partial charge in [0, 0.05) is 11.5 Å². The maximum absolute atomic E-state index is 5.92. The third kappa shape index (κ3) is 5.56. The third-order valence-electron chi connectivity index (χ3n) is 6.30. The van der Waals surface area contributed by atoms with Crippen LogP contribution in [0, 0.1) is 17.8 Å². The van der Waals surface area contributed by atoms with E-state index < -0.39 is 0 Å². The van der Waals surface area contributed by atoms with Crippen molar-refractivity contribution < 1.29 is 9.47 Å². The lowest BCUT2D eigenvalue weighted by Crippen LogP contribution is -2.26. The number of benzene rings is 1. The molecule has 1 saturated heterocycles. The second kappa shape index (κ2) is 9.73. The molecule has 0 aromatic heterocycles. The molecule has 3 rings (SSSR count). The number of ether oxygens (including phenoxy) is 2. The molecule has 0 radical (unpaired) electrons. The fraction of sp³-hybridized carbons (Fsp3) is 0.739. The highest BCUT2D eigenvalue weighted by atomic mass is 16.7. The minimum absolute atomic E-state index is 0.161. The summed E-state index contributed by atoms with van der Waals surface area (Å²) in [5, 5.41) is 0. The van der Waals surface area contributed by atoms with Crippen LogP contribution in [0.3, 0.4) is 0 Å². The van der Waals surface area contributed by atoms with Gasteiger partial charge in [0.15, 0.2) is 6.29 Å². The molecule has 2 aliphatic rings. The van der Waals surface area contributed by atoms with Gasteiger partial charge in [0.05, 0.1) is 13.2 Å². The number of aryl methyl sites for hydroxylation is 1. The van der Waals surface area contributed by atoms with Crippen molar-refractivity contribution in [2.24, 2.45) is 17.8 Å². The highest BCUT2D eigenvalue weighted by Gasteiger charge is 2.23. The lowest BCUT2D eigenvalue weighted by molar-refractivity contribution is -0.206. The van der Waals surface area contributed by atoms with E-state index in [1.807, 2.05) is 0 Å². The topological polar surface area (TPSA) is 18.5 Å². The molecule has 2 heteroatoms. The Kier molecular flexibility index (Phi) is 7.36. The zero-order valence-corrected chi connectivity index (χ0v) is 16.2. The van der Waals surface area contributed by atoms with E-state index in [0.717, 1.165) is 25.0 Å². The lowest BCUT2D eigenvalue weighted by Gasteiger charge is -2.29. The molecule has 1 aromatic rings. The van der Waals surface area contributed by atoms with Crippen molar-refractivity contribution in [2.75, 3.05) is 13.2 Å². The molecule has 1 saturated carbocycles. The van der Waals surface area contributed by atoms with Gasteiger partial charge in [-0.1, -0.05) is 76.6 Å². The Balaban J connectivity index is 1.42. The minimum atomic E-state index is -0.161. The first-order valence-corrected chi connectivity index (χ1v) is 10.6. The van der Waals surface area contributed by atoms with Gasteiger partial charge in [-0.25, -0.2) is 0 Å². The molecule has 25 heavy (non-hydrogen) atoms. The third-order valence-corrected chi connectivity index (χ3v) is 6.30. The average molecular weight is 345 g/mol. The first-order chi connectivity index (χ1) is 12.3. The van der Waals surface area contributed by atoms with Crippen LogP contribution >= 0.6 is 0 Å². The second-order valence-corrected chi connectivity index (χ2v) is 8.23. The molecule has 1 aromatic carbocycles. The molecule has 2 nitrogen and oxygen atoms in total. The highest BCUT2D eigenvalue weighted by molar-refractivity contribution is 5.23. The van der Waals surface area contributed by atoms with E-state index in [-0.39, 0.29) is 6.29 Å². The predicted octanol–water partition coefficient (Wildman–Crippen LogP) is 6.30. The van der Waals surface area contributed by atoms with E-state index in [2.05, 4.69) is 38.1 Å². The zero-order chi connectivity index (χ0) is 17.5. The van der Waals surface area contributed by atoms with Crippen molar-refractivity contribution in [3.8, 4) is 0 Å². The molecule has 0 atom stereocenters. The molecule has 1 heterocycles. The van der Waals surface area contributed by atoms with Crippen molar-refractivity contribution in [3.63, 3.8) is 0 Å². The largest absolute Gasteiger partial charge is 0.348 e. The monoisotopic (exact) mass is 344 g/mol. The van der Waals surface area contributed by atoms with Crippen LogP contribution in [0.1, 0.15) is 82.6 Å². The van der Waals surface area contributed by atoms with E-state index in [0.29, 0.717) is 5.92 Å². The molecule has 0 bridgehead atoms. The fourth-order valence-electron chi connectivity index (χ4n) is 4.45. The van der Waals surface area contributed by atoms with Gasteiger partial charge in [-0.3, -0.25) is 0 Å². The average Bonchev–Trinajstić information content (AvgIpc) is 2.68. The quantitative estimate of drug-likeness (QED) is 0.578. The van der Waals surface area contributed by atoms with E-state index in [1.165, 1.54) is 68.9 Å². The Labute approximate surface area is 154 Å². The summed E-state index contributed by atoms with van der Waals surface area (Å²) in [6.45, 7) is 6.23. The summed E-state index contributed by atoms with van der Waals surface area (Å²) in [6.07, 6.45) is 12.0. The van der Waals surface area contributed by atoms with Crippen LogP contribution < -0.4 is 0 Å². The van der Waals surface area contributed by atoms with E-state index in [4.69, 9.17) is 9.47 Å². The van der Waals surface area contributed by atoms with Crippen molar-refractivity contribution in [1.29, 1.82) is 0 Å². The molecule has 1 aliphatic carbocycles. The normalized spacial score (nSPS) is 30.3. The molecular formula is C23H36O2. The number of hydrogen-bond donors (Lipinski definition) is 0. The van der Waals surface area contributed by atoms with Gasteiger partial charge in [0.25, 0.3) is 0 Å². The van der Waals surface area contributed by atoms with Crippen molar-refractivity contribution in [2.45, 2.75) is 77.9 Å². The summed E-state index contributed by atoms with van der Waals surface area (Å²) in [4.78, 5) is 0. The molecule has 0 N–H and O–H groups in total. The van der Waals surface area contributed by atoms with Crippen LogP contribution in [-0.4, -0.2) is 13.2 Å². The summed E-state index contributed by atoms with van der Waals surface area (Å²) >= 11 is 0. The van der Waals surface area contributed by atoms with Gasteiger partial charge in [-0.2, -0.15) is 0 Å². The summed E-state index contributed by atoms with van der Waals surface area (Å²) in [7, 11) is 0. The maximum Gasteiger partial charge on any atom is 0.183 e. The van der Waals surface area contributed by atoms with Gasteiger partial charge in [-0.15, -0.1) is 0 Å². The summed E-state index contributed by atoms with van der Waals surface area (Å²) < 4.78 is 11.8. The summed E-state index contributed by atoms with van der Waals surface area (Å²) in [5.41, 5.74) is 2.63. The molecule has 0 unspecified atom stereocenters. The lowest BCUT2D eigenvalue weighted by atomic mass is 9.78. The van der Waals surface area contributed by atoms with Crippen molar-refractivity contribution >= 4 is 0 Å². The van der Waals surface area contributed by atoms with Crippen LogP contribution in [0.15, 0.2) is 24.3 Å². The fourth-order valence-corrected chi connectivity index (χ4v) is 4.45. The minimum Gasteiger partial charge on any atom is -0.348 e. The SMILES string of the molecule is CCCC1COC(c2ccc(CCC3CCC(CC)CC3)cc2)OC1. The molecule has 1 aliphatic heterocycles. The summed E-state index contributed by atoms with van der Waals surface area (Å²) in [6, 6.07) is 8.96. The van der Waals surface area contributed by atoms with Gasteiger partial charge in [0.2, 0.25) is 0 Å². The Morgan fingerprint density at radius 3 is 2.04 bits per heavy atom. The Morgan fingerprint density at radius 2 is 1.44 bits per heavy atom. The number of rotatable bonds is 7. The Hall–Kier alpha value is -0.860. The van der Waals surface area contributed by atoms with Gasteiger partial charge in [-0.05, 0) is 36.7 Å². The van der Waals surface area contributed by atoms with Crippen LogP contribution in [0.2, 0.25) is 0 Å².